The largest absolute Gasteiger partial charge is 0.587 e. The third kappa shape index (κ3) is 12.7. The fourth-order valence-corrected chi connectivity index (χ4v) is 13.7. The number of rotatable bonds is 28. The normalized spacial score (nSPS) is 25.2. The lowest BCUT2D eigenvalue weighted by molar-refractivity contribution is -0.201. The van der Waals surface area contributed by atoms with Gasteiger partial charge < -0.3 is 53.7 Å². The van der Waals surface area contributed by atoms with E-state index in [2.05, 4.69) is 39.2 Å². The summed E-state index contributed by atoms with van der Waals surface area (Å²) in [6.07, 6.45) is 13.2. The minimum Gasteiger partial charge on any atom is -0.393 e. The number of phosphoric ester groups is 1. The summed E-state index contributed by atoms with van der Waals surface area (Å²) in [6.45, 7) is 10.2. The average molecular weight is 1200 g/mol. The number of unbranched alkanes of at least 4 members (excludes halogenated alkanes) is 11. The van der Waals surface area contributed by atoms with E-state index in [1.165, 1.54) is 85.9 Å². The average Bonchev–Trinajstić information content (AvgIpc) is 2.60. The second-order valence-corrected chi connectivity index (χ2v) is 24.8. The highest BCUT2D eigenvalue weighted by molar-refractivity contribution is 7.49. The molecule has 0 unspecified atom stereocenters. The Bertz CT molecular complexity index is 3190. The van der Waals surface area contributed by atoms with Gasteiger partial charge in [-0.15, -0.1) is 0 Å². The first-order chi connectivity index (χ1) is 39.9. The molecule has 4 N–H and O–H groups in total. The number of halogens is 2. The molecule has 444 valence electrons. The minimum atomic E-state index is -4.67. The fraction of sp³-hybridized carbons (Fsp3) is 0.559. The summed E-state index contributed by atoms with van der Waals surface area (Å²) in [5.41, 5.74) is 11.7. The summed E-state index contributed by atoms with van der Waals surface area (Å²) in [6, 6.07) is 21.6. The molecule has 0 saturated carbocycles. The Balaban J connectivity index is 0.856. The number of nitriles is 2. The SMILES string of the molecule is CCCCCCCCCCCCCCOCCCOP(=O)(Oc1cccc(C[C@H]2O[C@@](C#N)(c3ccc4c(N)ncnn34)[C@@H]3OC(C)(C)O[C@@H]32)c1Cl)Oc1cccc(C[C@H]2O[C@@](C#N)(c3ccc4c(N)ncnn34)[C@@H]3OC(C)(C)O[C@@H]32)c1Cl. The number of anilines is 2. The van der Waals surface area contributed by atoms with E-state index < -0.39 is 67.2 Å². The van der Waals surface area contributed by atoms with Crippen LogP contribution in [0.5, 0.6) is 11.5 Å². The van der Waals surface area contributed by atoms with Crippen LogP contribution in [0.3, 0.4) is 0 Å². The summed E-state index contributed by atoms with van der Waals surface area (Å²) in [7, 11) is -4.67. The maximum atomic E-state index is 15.3. The number of phosphoric acid groups is 1. The molecule has 6 aromatic rings. The first-order valence-corrected chi connectivity index (χ1v) is 31.0. The fourth-order valence-electron chi connectivity index (χ4n) is 11.8. The number of fused-ring (bicyclic) bond motifs is 4. The molecule has 4 fully saturated rings. The number of nitrogen functional groups attached to an aromatic ring is 2. The standard InChI is InChI=1S/C59H73Cl2N10O11P/c1-6-7-8-9-10-11-12-13-14-15-16-17-29-73-30-20-31-74-83(72,81-42-23-18-21-38(48(42)60)32-44-50-52(79-56(2,3)77-50)58(34-62,75-44)46-27-25-40-54(64)66-36-68-70(40)46)82-43-24-19-22-39(49(43)61)33-45-51-53(80-57(4,5)78-51)59(35-63,76-45)47-28-26-41-55(65)67-37-69-71(41)47/h18-19,21-28,36-37,44-45,50-53H,6-17,20,29-33H2,1-5H3,(H2,64,66,68)(H2,65,67,69)/t44-,45-,50-,51-,52-,53-,58+,59+/m1/s1. The van der Waals surface area contributed by atoms with Crippen molar-refractivity contribution in [1.29, 1.82) is 10.5 Å². The van der Waals surface area contributed by atoms with Crippen LogP contribution in [0.2, 0.25) is 10.0 Å². The lowest BCUT2D eigenvalue weighted by Crippen LogP contribution is -2.40. The second-order valence-electron chi connectivity index (χ2n) is 22.6. The van der Waals surface area contributed by atoms with Crippen molar-refractivity contribution in [1.82, 2.24) is 29.2 Å². The van der Waals surface area contributed by atoms with Crippen molar-refractivity contribution in [2.24, 2.45) is 0 Å². The van der Waals surface area contributed by atoms with Gasteiger partial charge in [-0.05, 0) is 88.1 Å². The molecule has 10 rings (SSSR count). The maximum absolute atomic E-state index is 15.3. The quantitative estimate of drug-likeness (QED) is 0.0341. The van der Waals surface area contributed by atoms with Crippen LogP contribution in [-0.4, -0.2) is 97.2 Å². The van der Waals surface area contributed by atoms with E-state index in [-0.39, 0.29) is 52.6 Å². The molecular formula is C59H73Cl2N10O11P. The Hall–Kier alpha value is -5.65. The minimum absolute atomic E-state index is 0.0260. The predicted octanol–water partition coefficient (Wildman–Crippen LogP) is 11.7. The number of ether oxygens (including phenoxy) is 7. The highest BCUT2D eigenvalue weighted by Gasteiger charge is 2.67. The zero-order valence-corrected chi connectivity index (χ0v) is 50.0. The number of nitrogens with zero attached hydrogens (tertiary/aromatic N) is 8. The van der Waals surface area contributed by atoms with Crippen molar-refractivity contribution in [2.75, 3.05) is 31.3 Å². The van der Waals surface area contributed by atoms with E-state index in [9.17, 15) is 10.5 Å². The Morgan fingerprint density at radius 2 is 1.02 bits per heavy atom. The van der Waals surface area contributed by atoms with Gasteiger partial charge in [-0.25, -0.2) is 23.6 Å². The number of aromatic nitrogens is 6. The van der Waals surface area contributed by atoms with Crippen LogP contribution in [0, 0.1) is 22.7 Å². The molecule has 4 aromatic heterocycles. The molecule has 83 heavy (non-hydrogen) atoms. The molecular weight excluding hydrogens is 1130 g/mol. The van der Waals surface area contributed by atoms with Gasteiger partial charge in [0, 0.05) is 26.1 Å². The summed E-state index contributed by atoms with van der Waals surface area (Å²) < 4.78 is 82.1. The van der Waals surface area contributed by atoms with Gasteiger partial charge in [-0.1, -0.05) is 125 Å². The van der Waals surface area contributed by atoms with Gasteiger partial charge in [0.05, 0.1) is 40.2 Å². The molecule has 4 saturated heterocycles. The monoisotopic (exact) mass is 1200 g/mol. The molecule has 4 aliphatic rings. The van der Waals surface area contributed by atoms with Gasteiger partial charge >= 0.3 is 7.82 Å². The van der Waals surface area contributed by atoms with Crippen LogP contribution in [0.1, 0.15) is 141 Å². The van der Waals surface area contributed by atoms with Crippen molar-refractivity contribution in [3.63, 3.8) is 0 Å². The number of hydrogen-bond donors (Lipinski definition) is 2. The van der Waals surface area contributed by atoms with E-state index in [0.29, 0.717) is 53.2 Å². The Morgan fingerprint density at radius 3 is 1.47 bits per heavy atom. The molecule has 24 heteroatoms. The summed E-state index contributed by atoms with van der Waals surface area (Å²) in [4.78, 5) is 8.20. The summed E-state index contributed by atoms with van der Waals surface area (Å²) in [5, 5.41) is 30.9. The van der Waals surface area contributed by atoms with Gasteiger partial charge in [0.1, 0.15) is 60.2 Å². The molecule has 0 bridgehead atoms. The first-order valence-electron chi connectivity index (χ1n) is 28.8. The maximum Gasteiger partial charge on any atom is 0.587 e. The third-order valence-electron chi connectivity index (χ3n) is 15.7. The van der Waals surface area contributed by atoms with Gasteiger partial charge in [-0.2, -0.15) is 20.7 Å². The first kappa shape index (κ1) is 60.5. The lowest BCUT2D eigenvalue weighted by atomic mass is 9.91. The lowest BCUT2D eigenvalue weighted by Gasteiger charge is -2.29. The van der Waals surface area contributed by atoms with E-state index >= 15 is 4.57 Å². The van der Waals surface area contributed by atoms with Crippen molar-refractivity contribution in [3.05, 3.63) is 106 Å². The number of nitrogens with two attached hydrogens (primary N) is 2. The topological polar surface area (TPSA) is 269 Å². The van der Waals surface area contributed by atoms with Gasteiger partial charge in [-0.3, -0.25) is 4.52 Å². The van der Waals surface area contributed by atoms with Gasteiger partial charge in [0.15, 0.2) is 34.7 Å². The molecule has 0 amide bonds. The molecule has 0 radical (unpaired) electrons. The zero-order valence-electron chi connectivity index (χ0n) is 47.5. The Labute approximate surface area is 493 Å². The van der Waals surface area contributed by atoms with Crippen molar-refractivity contribution in [3.8, 4) is 23.6 Å². The zero-order chi connectivity index (χ0) is 58.6. The van der Waals surface area contributed by atoms with Gasteiger partial charge in [0.2, 0.25) is 11.2 Å². The van der Waals surface area contributed by atoms with Crippen LogP contribution < -0.4 is 20.5 Å². The third-order valence-corrected chi connectivity index (χ3v) is 17.9. The van der Waals surface area contributed by atoms with Crippen LogP contribution in [0.25, 0.3) is 11.0 Å². The van der Waals surface area contributed by atoms with Crippen LogP contribution >= 0.6 is 31.0 Å². The summed E-state index contributed by atoms with van der Waals surface area (Å²) >= 11 is 14.5. The molecule has 0 aliphatic carbocycles. The van der Waals surface area contributed by atoms with Crippen LogP contribution in [0.4, 0.5) is 11.6 Å². The second kappa shape index (κ2) is 25.5. The number of benzene rings is 2. The molecule has 0 spiro atoms. The highest BCUT2D eigenvalue weighted by Crippen LogP contribution is 2.56. The predicted molar refractivity (Wildman–Crippen MR) is 308 cm³/mol. The Morgan fingerprint density at radius 1 is 0.590 bits per heavy atom. The van der Waals surface area contributed by atoms with Crippen molar-refractivity contribution >= 4 is 53.7 Å². The molecule has 21 nitrogen and oxygen atoms in total. The van der Waals surface area contributed by atoms with E-state index in [0.717, 1.165) is 12.8 Å². The van der Waals surface area contributed by atoms with Crippen molar-refractivity contribution in [2.45, 2.75) is 190 Å². The highest BCUT2D eigenvalue weighted by atomic mass is 35.5. The van der Waals surface area contributed by atoms with E-state index in [1.807, 2.05) is 0 Å². The molecule has 8 heterocycles. The van der Waals surface area contributed by atoms with Gasteiger partial charge in [0.25, 0.3) is 0 Å². The van der Waals surface area contributed by atoms with Crippen LogP contribution in [0.15, 0.2) is 73.3 Å². The number of hydrogen-bond acceptors (Lipinski definition) is 19. The van der Waals surface area contributed by atoms with Crippen LogP contribution in [-0.2, 0) is 66.3 Å². The molecule has 8 atom stereocenters. The van der Waals surface area contributed by atoms with Crippen molar-refractivity contribution < 1.29 is 51.3 Å². The smallest absolute Gasteiger partial charge is 0.393 e. The molecule has 4 aliphatic heterocycles. The molecule has 2 aromatic carbocycles. The summed E-state index contributed by atoms with van der Waals surface area (Å²) in [5.74, 6) is -1.77. The Kier molecular flexibility index (Phi) is 18.6. The van der Waals surface area contributed by atoms with E-state index in [1.54, 1.807) is 88.4 Å². The van der Waals surface area contributed by atoms with E-state index in [4.69, 9.17) is 81.4 Å².